The molecule has 0 unspecified atom stereocenters. The summed E-state index contributed by atoms with van der Waals surface area (Å²) in [6.07, 6.45) is 6.73. The first kappa shape index (κ1) is 19.4. The van der Waals surface area contributed by atoms with E-state index in [1.807, 2.05) is 30.5 Å². The van der Waals surface area contributed by atoms with Crippen LogP contribution in [-0.4, -0.2) is 42.3 Å². The highest BCUT2D eigenvalue weighted by Crippen LogP contribution is 2.26. The van der Waals surface area contributed by atoms with Crippen molar-refractivity contribution in [2.24, 2.45) is 0 Å². The van der Waals surface area contributed by atoms with Crippen molar-refractivity contribution in [1.29, 1.82) is 0 Å². The first-order valence-corrected chi connectivity index (χ1v) is 11.6. The molecule has 0 aliphatic heterocycles. The summed E-state index contributed by atoms with van der Waals surface area (Å²) in [6.45, 7) is 0.338. The predicted octanol–water partition coefficient (Wildman–Crippen LogP) is 3.46. The van der Waals surface area contributed by atoms with Crippen molar-refractivity contribution in [2.75, 3.05) is 0 Å². The number of rotatable bonds is 5. The van der Waals surface area contributed by atoms with Gasteiger partial charge in [-0.2, -0.15) is 0 Å². The highest BCUT2D eigenvalue weighted by atomic mass is 32.2. The van der Waals surface area contributed by atoms with Crippen LogP contribution in [-0.2, 0) is 16.6 Å². The van der Waals surface area contributed by atoms with Crippen LogP contribution in [0, 0.1) is 0 Å². The average molecular weight is 456 g/mol. The summed E-state index contributed by atoms with van der Waals surface area (Å²) in [7, 11) is -3.79. The van der Waals surface area contributed by atoms with Crippen molar-refractivity contribution >= 4 is 32.1 Å². The van der Waals surface area contributed by atoms with E-state index in [0.29, 0.717) is 17.9 Å². The molecule has 6 rings (SSSR count). The lowest BCUT2D eigenvalue weighted by Crippen LogP contribution is -2.12. The van der Waals surface area contributed by atoms with E-state index in [0.717, 1.165) is 27.7 Å². The molecule has 5 aromatic heterocycles. The number of nitrogens with zero attached hydrogens (tertiary/aromatic N) is 6. The lowest BCUT2D eigenvalue weighted by molar-refractivity contribution is 0.588. The Balaban J connectivity index is 1.39. The van der Waals surface area contributed by atoms with Crippen LogP contribution < -0.4 is 0 Å². The van der Waals surface area contributed by atoms with Gasteiger partial charge >= 0.3 is 0 Å². The molecule has 0 atom stereocenters. The molecule has 1 N–H and O–H groups in total. The normalized spacial score (nSPS) is 12.0. The lowest BCUT2D eigenvalue weighted by Gasteiger charge is -2.06. The quantitative estimate of drug-likeness (QED) is 0.426. The number of aromatic nitrogens is 7. The minimum atomic E-state index is -3.79. The Morgan fingerprint density at radius 2 is 1.73 bits per heavy atom. The van der Waals surface area contributed by atoms with E-state index in [4.69, 9.17) is 0 Å². The summed E-state index contributed by atoms with van der Waals surface area (Å²) in [6, 6.07) is 17.8. The Kier molecular flexibility index (Phi) is 4.34. The third-order valence-electron chi connectivity index (χ3n) is 5.45. The van der Waals surface area contributed by atoms with Gasteiger partial charge < -0.3 is 4.98 Å². The van der Waals surface area contributed by atoms with Gasteiger partial charge in [-0.3, -0.25) is 0 Å². The van der Waals surface area contributed by atoms with Gasteiger partial charge in [-0.15, -0.1) is 5.10 Å². The topological polar surface area (TPSA) is 111 Å². The Bertz CT molecular complexity index is 1680. The molecule has 0 amide bonds. The molecule has 0 spiro atoms. The first-order chi connectivity index (χ1) is 16.1. The van der Waals surface area contributed by atoms with E-state index in [-0.39, 0.29) is 4.90 Å². The van der Waals surface area contributed by atoms with Gasteiger partial charge in [-0.05, 0) is 42.5 Å². The second kappa shape index (κ2) is 7.38. The molecule has 0 aliphatic carbocycles. The third-order valence-corrected chi connectivity index (χ3v) is 7.12. The maximum atomic E-state index is 13.3. The number of benzene rings is 1. The minimum Gasteiger partial charge on any atom is -0.338 e. The van der Waals surface area contributed by atoms with Gasteiger partial charge in [0.05, 0.1) is 23.3 Å². The number of fused-ring (bicyclic) bond motifs is 2. The van der Waals surface area contributed by atoms with Gasteiger partial charge in [0.15, 0.2) is 5.65 Å². The van der Waals surface area contributed by atoms with Gasteiger partial charge in [-0.1, -0.05) is 23.4 Å². The number of nitrogens with one attached hydrogen (secondary N) is 1. The molecule has 0 bridgehead atoms. The largest absolute Gasteiger partial charge is 0.338 e. The zero-order valence-corrected chi connectivity index (χ0v) is 18.0. The summed E-state index contributed by atoms with van der Waals surface area (Å²) in [5.41, 5.74) is 3.41. The molecule has 0 saturated heterocycles. The summed E-state index contributed by atoms with van der Waals surface area (Å²) >= 11 is 0. The van der Waals surface area contributed by atoms with Gasteiger partial charge in [0, 0.05) is 34.9 Å². The molecule has 0 fully saturated rings. The van der Waals surface area contributed by atoms with E-state index < -0.39 is 10.0 Å². The summed E-state index contributed by atoms with van der Waals surface area (Å²) < 4.78 is 29.4. The zero-order chi connectivity index (χ0) is 22.4. The van der Waals surface area contributed by atoms with Gasteiger partial charge in [0.1, 0.15) is 11.3 Å². The van der Waals surface area contributed by atoms with Crippen LogP contribution in [0.3, 0.4) is 0 Å². The summed E-state index contributed by atoms with van der Waals surface area (Å²) in [5.74, 6) is 0. The zero-order valence-electron chi connectivity index (χ0n) is 17.2. The highest BCUT2D eigenvalue weighted by molar-refractivity contribution is 7.90. The molecule has 0 aliphatic rings. The van der Waals surface area contributed by atoms with Crippen molar-refractivity contribution in [3.8, 4) is 11.4 Å². The molecule has 162 valence electrons. The maximum absolute atomic E-state index is 13.3. The predicted molar refractivity (Wildman–Crippen MR) is 123 cm³/mol. The molecule has 5 heterocycles. The molecular formula is C23H17N7O2S. The Hall–Kier alpha value is -4.31. The van der Waals surface area contributed by atoms with Crippen LogP contribution in [0.15, 0.2) is 90.3 Å². The van der Waals surface area contributed by atoms with E-state index in [1.54, 1.807) is 59.7 Å². The molecule has 0 saturated carbocycles. The van der Waals surface area contributed by atoms with E-state index in [1.165, 1.54) is 3.97 Å². The maximum Gasteiger partial charge on any atom is 0.269 e. The second-order valence-electron chi connectivity index (χ2n) is 7.57. The van der Waals surface area contributed by atoms with Crippen LogP contribution in [0.4, 0.5) is 0 Å². The smallest absolute Gasteiger partial charge is 0.269 e. The van der Waals surface area contributed by atoms with Crippen molar-refractivity contribution in [3.63, 3.8) is 0 Å². The van der Waals surface area contributed by atoms with Gasteiger partial charge in [-0.25, -0.2) is 27.0 Å². The number of pyridine rings is 2. The number of H-pyrrole nitrogens is 1. The minimum absolute atomic E-state index is 0.203. The molecule has 10 heteroatoms. The van der Waals surface area contributed by atoms with Crippen LogP contribution in [0.25, 0.3) is 33.5 Å². The van der Waals surface area contributed by atoms with Crippen LogP contribution in [0.2, 0.25) is 0 Å². The molecular weight excluding hydrogens is 438 g/mol. The number of aromatic amines is 1. The van der Waals surface area contributed by atoms with Gasteiger partial charge in [0.25, 0.3) is 10.0 Å². The lowest BCUT2D eigenvalue weighted by atomic mass is 10.2. The second-order valence-corrected chi connectivity index (χ2v) is 9.38. The van der Waals surface area contributed by atoms with Crippen LogP contribution in [0.1, 0.15) is 5.56 Å². The highest BCUT2D eigenvalue weighted by Gasteiger charge is 2.22. The van der Waals surface area contributed by atoms with Crippen molar-refractivity contribution < 1.29 is 8.42 Å². The Labute approximate surface area is 188 Å². The standard InChI is InChI=1S/C23H17N7O2S/c31-33(32,18-7-2-1-3-8-18)30-14-17(19-9-5-11-25-23(19)30)13-29-15-21(27-28-29)20-12-16-6-4-10-24-22(16)26-20/h1-12,14-15H,13H2,(H,24,26). The average Bonchev–Trinajstić information content (AvgIpc) is 3.57. The first-order valence-electron chi connectivity index (χ1n) is 10.2. The Morgan fingerprint density at radius 3 is 2.58 bits per heavy atom. The third kappa shape index (κ3) is 3.28. The number of hydrogen-bond donors (Lipinski definition) is 1. The molecule has 6 aromatic rings. The van der Waals surface area contributed by atoms with Gasteiger partial charge in [0.2, 0.25) is 0 Å². The molecule has 0 radical (unpaired) electrons. The van der Waals surface area contributed by atoms with Crippen molar-refractivity contribution in [2.45, 2.75) is 11.4 Å². The SMILES string of the molecule is O=S(=O)(c1ccccc1)n1cc(Cn2cc(-c3cc4cccnc4[nH]3)nn2)c2cccnc21. The monoisotopic (exact) mass is 455 g/mol. The van der Waals surface area contributed by atoms with Crippen molar-refractivity contribution in [1.82, 2.24) is 33.9 Å². The number of hydrogen-bond acceptors (Lipinski definition) is 6. The van der Waals surface area contributed by atoms with Crippen LogP contribution >= 0.6 is 0 Å². The van der Waals surface area contributed by atoms with E-state index in [2.05, 4.69) is 25.3 Å². The summed E-state index contributed by atoms with van der Waals surface area (Å²) in [5, 5.41) is 10.2. The fraction of sp³-hybridized carbons (Fsp3) is 0.0435. The fourth-order valence-corrected chi connectivity index (χ4v) is 5.25. The molecule has 9 nitrogen and oxygen atoms in total. The molecule has 33 heavy (non-hydrogen) atoms. The van der Waals surface area contributed by atoms with E-state index >= 15 is 0 Å². The fourth-order valence-electron chi connectivity index (χ4n) is 3.88. The van der Waals surface area contributed by atoms with Crippen LogP contribution in [0.5, 0.6) is 0 Å². The Morgan fingerprint density at radius 1 is 0.909 bits per heavy atom. The molecule has 1 aromatic carbocycles. The van der Waals surface area contributed by atoms with E-state index in [9.17, 15) is 8.42 Å². The summed E-state index contributed by atoms with van der Waals surface area (Å²) in [4.78, 5) is 12.1. The van der Waals surface area contributed by atoms with Crippen molar-refractivity contribution in [3.05, 3.63) is 91.0 Å².